The largest absolute Gasteiger partial charge is 0.386 e. The van der Waals surface area contributed by atoms with Crippen molar-refractivity contribution in [3.63, 3.8) is 0 Å². The molecule has 4 aromatic rings. The second kappa shape index (κ2) is 12.4. The molecule has 26 heteroatoms. The van der Waals surface area contributed by atoms with Crippen LogP contribution < -0.4 is 22.2 Å². The summed E-state index contributed by atoms with van der Waals surface area (Å²) >= 11 is 0. The average Bonchev–Trinajstić information content (AvgIpc) is 3.76. The monoisotopic (exact) mass is 720 g/mol. The molecule has 4 radical (unpaired) electrons. The van der Waals surface area contributed by atoms with E-state index >= 15 is 0 Å². The van der Waals surface area contributed by atoms with Crippen molar-refractivity contribution in [2.45, 2.75) is 69.0 Å². The number of nitrogen functional groups attached to an aromatic ring is 1. The van der Waals surface area contributed by atoms with Gasteiger partial charge in [0.05, 0.1) is 25.9 Å². The molecule has 0 spiro atoms. The zero-order valence-electron chi connectivity index (χ0n) is 25.6. The van der Waals surface area contributed by atoms with Gasteiger partial charge in [0, 0.05) is 6.04 Å². The van der Waals surface area contributed by atoms with Crippen molar-refractivity contribution in [2.24, 2.45) is 0 Å². The molecule has 3 aliphatic heterocycles. The van der Waals surface area contributed by atoms with E-state index in [1.54, 1.807) is 0 Å². The molecular formula is C23H28B2N10O12P2. The van der Waals surface area contributed by atoms with E-state index in [0.29, 0.717) is 0 Å². The van der Waals surface area contributed by atoms with Crippen molar-refractivity contribution < 1.29 is 46.9 Å². The fraction of sp³-hybridized carbons (Fsp3) is 0.565. The first-order valence-corrected chi connectivity index (χ1v) is 17.9. The van der Waals surface area contributed by atoms with Crippen molar-refractivity contribution in [1.29, 1.82) is 0 Å². The Morgan fingerprint density at radius 2 is 1.35 bits per heavy atom. The van der Waals surface area contributed by atoms with Crippen LogP contribution in [0.2, 0.25) is 0 Å². The predicted molar refractivity (Wildman–Crippen MR) is 168 cm³/mol. The lowest BCUT2D eigenvalue weighted by Crippen LogP contribution is -2.39. The maximum atomic E-state index is 13.4. The van der Waals surface area contributed by atoms with Crippen LogP contribution in [-0.4, -0.2) is 120 Å². The number of aliphatic hydroxyl groups excluding tert-OH is 2. The van der Waals surface area contributed by atoms with Crippen LogP contribution in [0.4, 0.5) is 11.9 Å². The third-order valence-corrected chi connectivity index (χ3v) is 9.94. The van der Waals surface area contributed by atoms with Crippen LogP contribution in [0.15, 0.2) is 22.2 Å². The van der Waals surface area contributed by atoms with E-state index in [2.05, 4.69) is 35.2 Å². The highest BCUT2D eigenvalue weighted by Crippen LogP contribution is 2.53. The van der Waals surface area contributed by atoms with Crippen molar-refractivity contribution in [1.82, 2.24) is 39.0 Å². The Hall–Kier alpha value is -3.43. The van der Waals surface area contributed by atoms with Gasteiger partial charge in [-0.3, -0.25) is 37.8 Å². The second-order valence-corrected chi connectivity index (χ2v) is 14.8. The van der Waals surface area contributed by atoms with Crippen LogP contribution in [0.5, 0.6) is 0 Å². The van der Waals surface area contributed by atoms with Crippen molar-refractivity contribution >= 4 is 64.3 Å². The van der Waals surface area contributed by atoms with Gasteiger partial charge in [0.1, 0.15) is 36.6 Å². The van der Waals surface area contributed by atoms with Gasteiger partial charge in [-0.25, -0.2) is 9.97 Å². The molecule has 7 N–H and O–H groups in total. The van der Waals surface area contributed by atoms with Gasteiger partial charge in [-0.1, -0.05) is 0 Å². The Morgan fingerprint density at radius 3 is 1.84 bits per heavy atom. The standard InChI is InChI=1S/C23H28B2N10O12P2/c1-7(2)29-23-31-17-11(19(39)33-23)28-6-35(17)21-13(37)15-9(45-21)4-43-48(24,40)46-14-8(3-42-49(25,41)47-15)44-20(12(14)36)34-5-27-10-16(34)30-22(26)32-18(10)38/h5-9,12-15,20-21,36-37H,3-4H2,1-2H3,(H3,26,30,32,38)(H2,29,31,33,39)/t8-,9-,12+,13+,14?,15?,20-,21-,48?,49?/m1/s1. The molecule has 4 aromatic heterocycles. The first-order chi connectivity index (χ1) is 23.1. The van der Waals surface area contributed by atoms with E-state index in [1.165, 1.54) is 15.5 Å². The first kappa shape index (κ1) is 34.0. The van der Waals surface area contributed by atoms with E-state index in [9.17, 15) is 28.9 Å². The lowest BCUT2D eigenvalue weighted by atomic mass is 10.1. The summed E-state index contributed by atoms with van der Waals surface area (Å²) in [4.78, 5) is 46.3. The maximum absolute atomic E-state index is 13.4. The number of anilines is 2. The number of hydrogen-bond acceptors (Lipinski definition) is 18. The summed E-state index contributed by atoms with van der Waals surface area (Å²) in [5, 5.41) is 25.6. The number of nitrogens with zero attached hydrogens (tertiary/aromatic N) is 6. The van der Waals surface area contributed by atoms with Gasteiger partial charge in [-0.05, 0) is 13.8 Å². The number of nitrogens with two attached hydrogens (primary N) is 1. The molecule has 4 unspecified atom stereocenters. The zero-order valence-corrected chi connectivity index (χ0v) is 27.3. The van der Waals surface area contributed by atoms with Gasteiger partial charge >= 0.3 is 0 Å². The summed E-state index contributed by atoms with van der Waals surface area (Å²) < 4.78 is 63.1. The summed E-state index contributed by atoms with van der Waals surface area (Å²) in [7, 11) is 2.70. The minimum Gasteiger partial charge on any atom is -0.386 e. The topological polar surface area (TPSA) is 295 Å². The van der Waals surface area contributed by atoms with Crippen LogP contribution in [-0.2, 0) is 36.7 Å². The fourth-order valence-electron chi connectivity index (χ4n) is 5.77. The van der Waals surface area contributed by atoms with Gasteiger partial charge in [0.2, 0.25) is 27.0 Å². The number of ether oxygens (including phenoxy) is 2. The smallest absolute Gasteiger partial charge is 0.280 e. The Morgan fingerprint density at radius 1 is 0.878 bits per heavy atom. The molecule has 0 saturated carbocycles. The second-order valence-electron chi connectivity index (χ2n) is 11.7. The van der Waals surface area contributed by atoms with Gasteiger partial charge in [-0.2, -0.15) is 9.97 Å². The molecule has 258 valence electrons. The Balaban J connectivity index is 1.17. The van der Waals surface area contributed by atoms with Crippen molar-refractivity contribution in [3.05, 3.63) is 33.4 Å². The van der Waals surface area contributed by atoms with Crippen LogP contribution in [0.3, 0.4) is 0 Å². The minimum absolute atomic E-state index is 0.0240. The van der Waals surface area contributed by atoms with Gasteiger partial charge in [0.15, 0.2) is 34.8 Å². The van der Waals surface area contributed by atoms with E-state index in [1.807, 2.05) is 13.8 Å². The number of imidazole rings is 2. The molecular weight excluding hydrogens is 692 g/mol. The summed E-state index contributed by atoms with van der Waals surface area (Å²) in [6, 6.07) is -0.0926. The quantitative estimate of drug-likeness (QED) is 0.104. The van der Waals surface area contributed by atoms with E-state index in [0.717, 1.165) is 6.33 Å². The third-order valence-electron chi connectivity index (χ3n) is 7.85. The molecule has 3 aliphatic rings. The van der Waals surface area contributed by atoms with Crippen LogP contribution in [0.25, 0.3) is 22.3 Å². The number of nitrogens with one attached hydrogen (secondary N) is 3. The van der Waals surface area contributed by atoms with Crippen molar-refractivity contribution in [3.8, 4) is 0 Å². The highest BCUT2D eigenvalue weighted by Gasteiger charge is 2.52. The molecule has 0 aliphatic carbocycles. The summed E-state index contributed by atoms with van der Waals surface area (Å²) in [6.07, 6.45) is -9.53. The molecule has 3 saturated heterocycles. The molecule has 0 aromatic carbocycles. The number of aromatic amines is 2. The normalized spacial score (nSPS) is 35.6. The van der Waals surface area contributed by atoms with Crippen LogP contribution >= 0.6 is 14.9 Å². The molecule has 10 atom stereocenters. The summed E-state index contributed by atoms with van der Waals surface area (Å²) in [5.41, 5.74) is 4.22. The minimum atomic E-state index is -4.57. The molecule has 7 heterocycles. The van der Waals surface area contributed by atoms with Crippen molar-refractivity contribution in [2.75, 3.05) is 24.3 Å². The number of hydrogen-bond donors (Lipinski definition) is 6. The fourth-order valence-corrected chi connectivity index (χ4v) is 7.80. The maximum Gasteiger partial charge on any atom is 0.280 e. The molecule has 0 bridgehead atoms. The number of aromatic nitrogens is 8. The number of H-pyrrole nitrogens is 2. The molecule has 22 nitrogen and oxygen atoms in total. The molecule has 49 heavy (non-hydrogen) atoms. The summed E-state index contributed by atoms with van der Waals surface area (Å²) in [5.74, 6) is -0.114. The van der Waals surface area contributed by atoms with Gasteiger partial charge < -0.3 is 48.8 Å². The summed E-state index contributed by atoms with van der Waals surface area (Å²) in [6.45, 7) is 2.30. The third kappa shape index (κ3) is 6.37. The molecule has 0 amide bonds. The predicted octanol–water partition coefficient (Wildman–Crippen LogP) is -1.46. The van der Waals surface area contributed by atoms with E-state index in [-0.39, 0.29) is 40.3 Å². The highest BCUT2D eigenvalue weighted by molar-refractivity contribution is 7.79. The first-order valence-electron chi connectivity index (χ1n) is 14.7. The van der Waals surface area contributed by atoms with Gasteiger partial charge in [-0.15, -0.1) is 0 Å². The van der Waals surface area contributed by atoms with E-state index < -0.39 is 88.4 Å². The number of fused-ring (bicyclic) bond motifs is 4. The molecule has 3 fully saturated rings. The number of aliphatic hydroxyl groups is 2. The highest BCUT2D eigenvalue weighted by atomic mass is 31.2. The molecule has 7 rings (SSSR count). The average molecular weight is 720 g/mol. The Labute approximate surface area is 276 Å². The van der Waals surface area contributed by atoms with Gasteiger partial charge in [0.25, 0.3) is 26.1 Å². The lowest BCUT2D eigenvalue weighted by Gasteiger charge is -2.30. The van der Waals surface area contributed by atoms with Crippen LogP contribution in [0, 0.1) is 0 Å². The number of rotatable bonds is 4. The Kier molecular flexibility index (Phi) is 8.62. The van der Waals surface area contributed by atoms with E-state index in [4.69, 9.17) is 48.4 Å². The SMILES string of the molecule is [B]P1(=O)OC[C@H]2O[C@@H](n3cnc4c(=O)[nH]c(NC(C)C)nc43)[C@@H](O)C2OP([B])(=O)OC[C@H]2O[C@@H](n3cnc4c(=O)[nH]c(N)nc43)[C@@H](O)C2O1. The Bertz CT molecular complexity index is 2130. The lowest BCUT2D eigenvalue weighted by molar-refractivity contribution is -0.0564. The zero-order chi connectivity index (χ0) is 35.0. The van der Waals surface area contributed by atoms with Crippen LogP contribution in [0.1, 0.15) is 26.3 Å².